The van der Waals surface area contributed by atoms with Crippen molar-refractivity contribution in [1.29, 1.82) is 0 Å². The van der Waals surface area contributed by atoms with Crippen molar-refractivity contribution in [2.75, 3.05) is 65.3 Å². The summed E-state index contributed by atoms with van der Waals surface area (Å²) in [6, 6.07) is 11.3. The number of hydrogen-bond acceptors (Lipinski definition) is 5. The van der Waals surface area contributed by atoms with Crippen LogP contribution in [0.15, 0.2) is 35.2 Å². The second-order valence-electron chi connectivity index (χ2n) is 6.28. The average molecular weight is 352 g/mol. The Morgan fingerprint density at radius 1 is 1.08 bits per heavy atom. The van der Waals surface area contributed by atoms with Crippen LogP contribution >= 0.6 is 11.8 Å². The Balaban J connectivity index is 1.60. The van der Waals surface area contributed by atoms with E-state index >= 15 is 0 Å². The standard InChI is InChI=1S/C19H33N3OS/c1-3-23-16-15-22-13-11-21(12-14-22)10-9-18(20-2)17-24-19-7-5-4-6-8-19/h4-8,18,20H,3,9-17H2,1-2H3/t18-/m1/s1. The highest BCUT2D eigenvalue weighted by atomic mass is 32.2. The molecule has 1 aromatic rings. The Hall–Kier alpha value is -0.590. The van der Waals surface area contributed by atoms with Crippen LogP contribution in [0, 0.1) is 0 Å². The fourth-order valence-electron chi connectivity index (χ4n) is 2.94. The van der Waals surface area contributed by atoms with Gasteiger partial charge in [0.25, 0.3) is 0 Å². The second-order valence-corrected chi connectivity index (χ2v) is 7.37. The third kappa shape index (κ3) is 7.53. The smallest absolute Gasteiger partial charge is 0.0593 e. The monoisotopic (exact) mass is 351 g/mol. The Bertz CT molecular complexity index is 424. The van der Waals surface area contributed by atoms with Crippen LogP contribution < -0.4 is 5.32 Å². The highest BCUT2D eigenvalue weighted by Gasteiger charge is 2.17. The van der Waals surface area contributed by atoms with E-state index in [0.29, 0.717) is 6.04 Å². The molecule has 24 heavy (non-hydrogen) atoms. The third-order valence-electron chi connectivity index (χ3n) is 4.62. The van der Waals surface area contributed by atoms with Crippen LogP contribution in [0.2, 0.25) is 0 Å². The molecule has 0 radical (unpaired) electrons. The van der Waals surface area contributed by atoms with E-state index < -0.39 is 0 Å². The molecule has 4 nitrogen and oxygen atoms in total. The van der Waals surface area contributed by atoms with Gasteiger partial charge in [-0.2, -0.15) is 0 Å². The van der Waals surface area contributed by atoms with Crippen LogP contribution in [-0.2, 0) is 4.74 Å². The molecule has 1 aromatic carbocycles. The molecule has 1 aliphatic rings. The highest BCUT2D eigenvalue weighted by molar-refractivity contribution is 7.99. The maximum Gasteiger partial charge on any atom is 0.0593 e. The highest BCUT2D eigenvalue weighted by Crippen LogP contribution is 2.19. The third-order valence-corrected chi connectivity index (χ3v) is 5.79. The molecule has 0 aliphatic carbocycles. The normalized spacial score (nSPS) is 17.9. The van der Waals surface area contributed by atoms with Crippen molar-refractivity contribution in [3.63, 3.8) is 0 Å². The summed E-state index contributed by atoms with van der Waals surface area (Å²) >= 11 is 1.95. The van der Waals surface area contributed by atoms with Crippen LogP contribution in [0.4, 0.5) is 0 Å². The van der Waals surface area contributed by atoms with E-state index in [0.717, 1.165) is 25.5 Å². The minimum atomic E-state index is 0.575. The molecule has 0 aromatic heterocycles. The van der Waals surface area contributed by atoms with Gasteiger partial charge in [0.05, 0.1) is 6.61 Å². The fourth-order valence-corrected chi connectivity index (χ4v) is 4.01. The molecule has 0 amide bonds. The maximum absolute atomic E-state index is 5.45. The van der Waals surface area contributed by atoms with Crippen molar-refractivity contribution >= 4 is 11.8 Å². The summed E-state index contributed by atoms with van der Waals surface area (Å²) in [4.78, 5) is 6.49. The van der Waals surface area contributed by atoms with Crippen molar-refractivity contribution in [3.8, 4) is 0 Å². The summed E-state index contributed by atoms with van der Waals surface area (Å²) in [6.07, 6.45) is 1.22. The number of piperazine rings is 1. The minimum Gasteiger partial charge on any atom is -0.380 e. The summed E-state index contributed by atoms with van der Waals surface area (Å²) in [5.74, 6) is 1.13. The van der Waals surface area contributed by atoms with Gasteiger partial charge in [-0.3, -0.25) is 4.90 Å². The Morgan fingerprint density at radius 2 is 1.75 bits per heavy atom. The quantitative estimate of drug-likeness (QED) is 0.488. The lowest BCUT2D eigenvalue weighted by molar-refractivity contribution is 0.0799. The summed E-state index contributed by atoms with van der Waals surface area (Å²) in [5.41, 5.74) is 0. The first-order valence-electron chi connectivity index (χ1n) is 9.19. The molecule has 1 heterocycles. The van der Waals surface area contributed by atoms with Crippen molar-refractivity contribution < 1.29 is 4.74 Å². The first-order chi connectivity index (χ1) is 11.8. The molecular weight excluding hydrogens is 318 g/mol. The molecule has 1 N–H and O–H groups in total. The number of thioether (sulfide) groups is 1. The van der Waals surface area contributed by atoms with Crippen LogP contribution in [-0.4, -0.2) is 81.1 Å². The summed E-state index contributed by atoms with van der Waals surface area (Å²) in [6.45, 7) is 10.8. The molecule has 5 heteroatoms. The van der Waals surface area contributed by atoms with Crippen molar-refractivity contribution in [2.45, 2.75) is 24.3 Å². The van der Waals surface area contributed by atoms with Crippen molar-refractivity contribution in [1.82, 2.24) is 15.1 Å². The SMILES string of the molecule is CCOCCN1CCN(CC[C@H](CSc2ccccc2)NC)CC1. The topological polar surface area (TPSA) is 27.7 Å². The molecule has 0 saturated carbocycles. The van der Waals surface area contributed by atoms with Gasteiger partial charge >= 0.3 is 0 Å². The molecule has 1 atom stereocenters. The summed E-state index contributed by atoms with van der Waals surface area (Å²) in [7, 11) is 2.09. The number of benzene rings is 1. The first kappa shape index (κ1) is 19.7. The molecular formula is C19H33N3OS. The number of ether oxygens (including phenoxy) is 1. The van der Waals surface area contributed by atoms with E-state index in [1.807, 2.05) is 11.8 Å². The lowest BCUT2D eigenvalue weighted by Crippen LogP contribution is -2.48. The van der Waals surface area contributed by atoms with Crippen LogP contribution in [0.3, 0.4) is 0 Å². The van der Waals surface area contributed by atoms with E-state index in [9.17, 15) is 0 Å². The molecule has 2 rings (SSSR count). The Labute approximate surface area is 151 Å². The molecule has 1 aliphatic heterocycles. The summed E-state index contributed by atoms with van der Waals surface area (Å²) < 4.78 is 5.45. The van der Waals surface area contributed by atoms with Crippen LogP contribution in [0.1, 0.15) is 13.3 Å². The predicted molar refractivity (Wildman–Crippen MR) is 104 cm³/mol. The molecule has 1 saturated heterocycles. The Morgan fingerprint density at radius 3 is 2.38 bits per heavy atom. The van der Waals surface area contributed by atoms with Gasteiger partial charge in [-0.1, -0.05) is 18.2 Å². The van der Waals surface area contributed by atoms with Gasteiger partial charge in [0.2, 0.25) is 0 Å². The fraction of sp³-hybridized carbons (Fsp3) is 0.684. The van der Waals surface area contributed by atoms with E-state index in [4.69, 9.17) is 4.74 Å². The van der Waals surface area contributed by atoms with Gasteiger partial charge < -0.3 is 15.0 Å². The van der Waals surface area contributed by atoms with Gasteiger partial charge in [-0.05, 0) is 39.1 Å². The summed E-state index contributed by atoms with van der Waals surface area (Å²) in [5, 5.41) is 3.48. The number of hydrogen-bond donors (Lipinski definition) is 1. The zero-order valence-corrected chi connectivity index (χ0v) is 16.1. The zero-order chi connectivity index (χ0) is 17.0. The molecule has 0 bridgehead atoms. The van der Waals surface area contributed by atoms with Gasteiger partial charge in [-0.25, -0.2) is 0 Å². The van der Waals surface area contributed by atoms with Crippen LogP contribution in [0.25, 0.3) is 0 Å². The average Bonchev–Trinajstić information content (AvgIpc) is 2.64. The largest absolute Gasteiger partial charge is 0.380 e. The molecule has 0 spiro atoms. The van der Waals surface area contributed by atoms with E-state index in [1.54, 1.807) is 0 Å². The Kier molecular flexibility index (Phi) is 9.76. The minimum absolute atomic E-state index is 0.575. The van der Waals surface area contributed by atoms with Gasteiger partial charge in [0.15, 0.2) is 0 Å². The first-order valence-corrected chi connectivity index (χ1v) is 10.2. The van der Waals surface area contributed by atoms with Gasteiger partial charge in [0.1, 0.15) is 0 Å². The molecule has 0 unspecified atom stereocenters. The lowest BCUT2D eigenvalue weighted by atomic mass is 10.2. The van der Waals surface area contributed by atoms with E-state index in [1.165, 1.54) is 44.0 Å². The number of nitrogens with zero attached hydrogens (tertiary/aromatic N) is 2. The predicted octanol–water partition coefficient (Wildman–Crippen LogP) is 2.41. The van der Waals surface area contributed by atoms with E-state index in [2.05, 4.69) is 59.4 Å². The van der Waals surface area contributed by atoms with Gasteiger partial charge in [0, 0.05) is 56.0 Å². The molecule has 1 fully saturated rings. The maximum atomic E-state index is 5.45. The van der Waals surface area contributed by atoms with Crippen LogP contribution in [0.5, 0.6) is 0 Å². The van der Waals surface area contributed by atoms with Gasteiger partial charge in [-0.15, -0.1) is 11.8 Å². The second kappa shape index (κ2) is 11.9. The lowest BCUT2D eigenvalue weighted by Gasteiger charge is -2.35. The van der Waals surface area contributed by atoms with Crippen molar-refractivity contribution in [3.05, 3.63) is 30.3 Å². The zero-order valence-electron chi connectivity index (χ0n) is 15.2. The number of rotatable bonds is 11. The number of nitrogens with one attached hydrogen (secondary N) is 1. The molecule has 136 valence electrons. The van der Waals surface area contributed by atoms with E-state index in [-0.39, 0.29) is 0 Å². The van der Waals surface area contributed by atoms with Crippen molar-refractivity contribution in [2.24, 2.45) is 0 Å².